The highest BCUT2D eigenvalue weighted by Crippen LogP contribution is 2.26. The van der Waals surface area contributed by atoms with Gasteiger partial charge in [-0.25, -0.2) is 4.98 Å². The van der Waals surface area contributed by atoms with Crippen molar-refractivity contribution in [3.05, 3.63) is 18.1 Å². The summed E-state index contributed by atoms with van der Waals surface area (Å²) in [5.74, 6) is 1.79. The van der Waals surface area contributed by atoms with Crippen LogP contribution in [-0.2, 0) is 5.75 Å². The first-order valence-electron chi connectivity index (χ1n) is 5.70. The SMILES string of the molecule is CCCNc1cnc(CSC(C)(C)C)cn1. The average Bonchev–Trinajstić information content (AvgIpc) is 2.24. The molecule has 90 valence electrons. The van der Waals surface area contributed by atoms with Crippen LogP contribution in [0.2, 0.25) is 0 Å². The van der Waals surface area contributed by atoms with Gasteiger partial charge in [0.15, 0.2) is 0 Å². The minimum absolute atomic E-state index is 0.279. The summed E-state index contributed by atoms with van der Waals surface area (Å²) >= 11 is 1.89. The fraction of sp³-hybridized carbons (Fsp3) is 0.667. The summed E-state index contributed by atoms with van der Waals surface area (Å²) in [6.07, 6.45) is 4.77. The predicted molar refractivity (Wildman–Crippen MR) is 71.9 cm³/mol. The van der Waals surface area contributed by atoms with Gasteiger partial charge in [-0.2, -0.15) is 0 Å². The molecule has 1 rings (SSSR count). The van der Waals surface area contributed by atoms with Crippen molar-refractivity contribution in [3.8, 4) is 0 Å². The summed E-state index contributed by atoms with van der Waals surface area (Å²) in [6.45, 7) is 9.71. The quantitative estimate of drug-likeness (QED) is 0.855. The Morgan fingerprint density at radius 2 is 2.00 bits per heavy atom. The van der Waals surface area contributed by atoms with E-state index in [4.69, 9.17) is 0 Å². The van der Waals surface area contributed by atoms with Crippen molar-refractivity contribution in [2.45, 2.75) is 44.6 Å². The maximum absolute atomic E-state index is 4.39. The second-order valence-electron chi connectivity index (χ2n) is 4.72. The second-order valence-corrected chi connectivity index (χ2v) is 6.52. The number of anilines is 1. The van der Waals surface area contributed by atoms with Crippen molar-refractivity contribution < 1.29 is 0 Å². The summed E-state index contributed by atoms with van der Waals surface area (Å²) in [6, 6.07) is 0. The van der Waals surface area contributed by atoms with E-state index < -0.39 is 0 Å². The summed E-state index contributed by atoms with van der Waals surface area (Å²) in [4.78, 5) is 8.72. The van der Waals surface area contributed by atoms with Gasteiger partial charge in [-0.3, -0.25) is 4.98 Å². The van der Waals surface area contributed by atoms with E-state index in [0.717, 1.165) is 30.2 Å². The van der Waals surface area contributed by atoms with Crippen LogP contribution in [0.5, 0.6) is 0 Å². The number of nitrogens with one attached hydrogen (secondary N) is 1. The standard InChI is InChI=1S/C12H21N3S/c1-5-6-13-11-8-14-10(7-15-11)9-16-12(2,3)4/h7-8H,5-6,9H2,1-4H3,(H,13,15). The lowest BCUT2D eigenvalue weighted by Gasteiger charge is -2.16. The fourth-order valence-corrected chi connectivity index (χ4v) is 1.79. The fourth-order valence-electron chi connectivity index (χ4n) is 1.06. The summed E-state index contributed by atoms with van der Waals surface area (Å²) < 4.78 is 0.279. The van der Waals surface area contributed by atoms with Gasteiger partial charge in [0.2, 0.25) is 0 Å². The van der Waals surface area contributed by atoms with Gasteiger partial charge >= 0.3 is 0 Å². The third kappa shape index (κ3) is 5.35. The molecule has 1 aromatic rings. The largest absolute Gasteiger partial charge is 0.369 e. The minimum Gasteiger partial charge on any atom is -0.369 e. The van der Waals surface area contributed by atoms with Gasteiger partial charge in [-0.1, -0.05) is 27.7 Å². The van der Waals surface area contributed by atoms with Crippen LogP contribution in [0.1, 0.15) is 39.8 Å². The number of hydrogen-bond donors (Lipinski definition) is 1. The summed E-state index contributed by atoms with van der Waals surface area (Å²) in [5, 5.41) is 3.21. The van der Waals surface area contributed by atoms with E-state index in [1.165, 1.54) is 0 Å². The lowest BCUT2D eigenvalue weighted by Crippen LogP contribution is -2.08. The second kappa shape index (κ2) is 6.09. The monoisotopic (exact) mass is 239 g/mol. The van der Waals surface area contributed by atoms with Crippen LogP contribution < -0.4 is 5.32 Å². The minimum atomic E-state index is 0.279. The van der Waals surface area contributed by atoms with Gasteiger partial charge < -0.3 is 5.32 Å². The molecular weight excluding hydrogens is 218 g/mol. The number of hydrogen-bond acceptors (Lipinski definition) is 4. The number of thioether (sulfide) groups is 1. The zero-order chi connectivity index (χ0) is 12.0. The molecule has 3 nitrogen and oxygen atoms in total. The molecule has 0 unspecified atom stereocenters. The molecule has 0 aliphatic heterocycles. The molecule has 1 N–H and O–H groups in total. The van der Waals surface area contributed by atoms with Crippen LogP contribution in [0.15, 0.2) is 12.4 Å². The van der Waals surface area contributed by atoms with Crippen molar-refractivity contribution in [3.63, 3.8) is 0 Å². The molecule has 1 heterocycles. The van der Waals surface area contributed by atoms with E-state index in [2.05, 4.69) is 43.0 Å². The predicted octanol–water partition coefficient (Wildman–Crippen LogP) is 3.33. The van der Waals surface area contributed by atoms with E-state index >= 15 is 0 Å². The van der Waals surface area contributed by atoms with Crippen molar-refractivity contribution in [1.29, 1.82) is 0 Å². The Kier molecular flexibility index (Phi) is 5.06. The molecule has 0 fully saturated rings. The van der Waals surface area contributed by atoms with E-state index in [9.17, 15) is 0 Å². The Bertz CT molecular complexity index is 303. The Balaban J connectivity index is 2.45. The van der Waals surface area contributed by atoms with Crippen molar-refractivity contribution >= 4 is 17.6 Å². The first-order valence-corrected chi connectivity index (χ1v) is 6.68. The molecule has 0 saturated carbocycles. The highest BCUT2D eigenvalue weighted by Gasteiger charge is 2.10. The van der Waals surface area contributed by atoms with Gasteiger partial charge in [0.1, 0.15) is 5.82 Å². The molecule has 0 aromatic carbocycles. The molecule has 0 radical (unpaired) electrons. The molecule has 0 atom stereocenters. The third-order valence-electron chi connectivity index (χ3n) is 1.91. The molecule has 0 aliphatic carbocycles. The summed E-state index contributed by atoms with van der Waals surface area (Å²) in [7, 11) is 0. The first-order chi connectivity index (χ1) is 7.51. The molecule has 0 saturated heterocycles. The first kappa shape index (κ1) is 13.3. The number of rotatable bonds is 5. The lowest BCUT2D eigenvalue weighted by molar-refractivity contribution is 0.801. The zero-order valence-corrected chi connectivity index (χ0v) is 11.4. The van der Waals surface area contributed by atoms with Crippen LogP contribution in [0.4, 0.5) is 5.82 Å². The molecule has 0 spiro atoms. The highest BCUT2D eigenvalue weighted by atomic mass is 32.2. The molecule has 1 aromatic heterocycles. The van der Waals surface area contributed by atoms with Gasteiger partial charge in [0, 0.05) is 17.0 Å². The van der Waals surface area contributed by atoms with Gasteiger partial charge in [0.25, 0.3) is 0 Å². The third-order valence-corrected chi connectivity index (χ3v) is 3.22. The van der Waals surface area contributed by atoms with Crippen LogP contribution in [-0.4, -0.2) is 21.3 Å². The molecule has 0 aliphatic rings. The Labute approximate surface area is 102 Å². The van der Waals surface area contributed by atoms with E-state index in [-0.39, 0.29) is 4.75 Å². The van der Waals surface area contributed by atoms with E-state index in [0.29, 0.717) is 0 Å². The topological polar surface area (TPSA) is 37.8 Å². The maximum Gasteiger partial charge on any atom is 0.144 e. The number of nitrogens with zero attached hydrogens (tertiary/aromatic N) is 2. The lowest BCUT2D eigenvalue weighted by atomic mass is 10.3. The normalized spacial score (nSPS) is 11.5. The van der Waals surface area contributed by atoms with Crippen LogP contribution >= 0.6 is 11.8 Å². The Morgan fingerprint density at radius 1 is 1.25 bits per heavy atom. The van der Waals surface area contributed by atoms with Gasteiger partial charge in [-0.05, 0) is 6.42 Å². The van der Waals surface area contributed by atoms with Crippen LogP contribution in [0.3, 0.4) is 0 Å². The van der Waals surface area contributed by atoms with Gasteiger partial charge in [-0.15, -0.1) is 11.8 Å². The Hall–Kier alpha value is -0.770. The smallest absolute Gasteiger partial charge is 0.144 e. The maximum atomic E-state index is 4.39. The highest BCUT2D eigenvalue weighted by molar-refractivity contribution is 7.99. The molecule has 0 bridgehead atoms. The summed E-state index contributed by atoms with van der Waals surface area (Å²) in [5.41, 5.74) is 1.04. The average molecular weight is 239 g/mol. The van der Waals surface area contributed by atoms with Crippen molar-refractivity contribution in [2.75, 3.05) is 11.9 Å². The van der Waals surface area contributed by atoms with Crippen molar-refractivity contribution in [1.82, 2.24) is 9.97 Å². The Morgan fingerprint density at radius 3 is 2.50 bits per heavy atom. The van der Waals surface area contributed by atoms with Crippen LogP contribution in [0, 0.1) is 0 Å². The molecule has 0 amide bonds. The van der Waals surface area contributed by atoms with Gasteiger partial charge in [0.05, 0.1) is 18.1 Å². The van der Waals surface area contributed by atoms with Crippen molar-refractivity contribution in [2.24, 2.45) is 0 Å². The molecule has 4 heteroatoms. The molecule has 16 heavy (non-hydrogen) atoms. The molecular formula is C12H21N3S. The number of aromatic nitrogens is 2. The van der Waals surface area contributed by atoms with E-state index in [1.807, 2.05) is 24.2 Å². The zero-order valence-electron chi connectivity index (χ0n) is 10.6. The van der Waals surface area contributed by atoms with Crippen LogP contribution in [0.25, 0.3) is 0 Å². The van der Waals surface area contributed by atoms with E-state index in [1.54, 1.807) is 0 Å².